The summed E-state index contributed by atoms with van der Waals surface area (Å²) in [5.74, 6) is 0.814. The zero-order valence-electron chi connectivity index (χ0n) is 16.6. The molecule has 2 saturated heterocycles. The second kappa shape index (κ2) is 9.84. The number of piperazine rings is 2. The SMILES string of the molecule is O=C(NCCCN1CCN(c2ncccn2)CC1)N1CCN(c2nccs2)CC1. The Morgan fingerprint density at radius 2 is 1.66 bits per heavy atom. The van der Waals surface area contributed by atoms with E-state index < -0.39 is 0 Å². The summed E-state index contributed by atoms with van der Waals surface area (Å²) in [6.07, 6.45) is 6.37. The van der Waals surface area contributed by atoms with Gasteiger partial charge in [-0.15, -0.1) is 11.3 Å². The van der Waals surface area contributed by atoms with Gasteiger partial charge in [0, 0.05) is 82.9 Å². The number of rotatable bonds is 6. The lowest BCUT2D eigenvalue weighted by atomic mass is 10.3. The number of nitrogens with one attached hydrogen (secondary N) is 1. The highest BCUT2D eigenvalue weighted by molar-refractivity contribution is 7.13. The van der Waals surface area contributed by atoms with Crippen molar-refractivity contribution in [3.63, 3.8) is 0 Å². The minimum absolute atomic E-state index is 0.0508. The molecule has 1 N–H and O–H groups in total. The van der Waals surface area contributed by atoms with E-state index in [1.165, 1.54) is 0 Å². The van der Waals surface area contributed by atoms with E-state index in [9.17, 15) is 4.79 Å². The maximum atomic E-state index is 12.4. The van der Waals surface area contributed by atoms with E-state index in [4.69, 9.17) is 0 Å². The van der Waals surface area contributed by atoms with E-state index in [0.29, 0.717) is 6.54 Å². The molecule has 2 aromatic rings. The van der Waals surface area contributed by atoms with Gasteiger partial charge in [0.1, 0.15) is 0 Å². The van der Waals surface area contributed by atoms with E-state index in [2.05, 4.69) is 35.0 Å². The average molecular weight is 417 g/mol. The van der Waals surface area contributed by atoms with Gasteiger partial charge in [-0.1, -0.05) is 0 Å². The number of hydrogen-bond acceptors (Lipinski definition) is 8. The van der Waals surface area contributed by atoms with Crippen molar-refractivity contribution in [3.05, 3.63) is 30.0 Å². The van der Waals surface area contributed by atoms with E-state index in [1.807, 2.05) is 22.5 Å². The van der Waals surface area contributed by atoms with Crippen molar-refractivity contribution in [3.8, 4) is 0 Å². The summed E-state index contributed by atoms with van der Waals surface area (Å²) in [5.41, 5.74) is 0. The molecule has 0 atom stereocenters. The number of amides is 2. The molecule has 0 spiro atoms. The molecule has 2 aliphatic rings. The summed E-state index contributed by atoms with van der Waals surface area (Å²) in [6, 6.07) is 1.89. The Kier molecular flexibility index (Phi) is 6.73. The number of anilines is 2. The summed E-state index contributed by atoms with van der Waals surface area (Å²) in [4.78, 5) is 34.2. The molecule has 4 rings (SSSR count). The molecule has 4 heterocycles. The van der Waals surface area contributed by atoms with Crippen LogP contribution in [-0.2, 0) is 0 Å². The zero-order valence-corrected chi connectivity index (χ0v) is 17.4. The molecule has 2 fully saturated rings. The number of nitrogens with zero attached hydrogens (tertiary/aromatic N) is 7. The highest BCUT2D eigenvalue weighted by Crippen LogP contribution is 2.18. The third kappa shape index (κ3) is 5.33. The van der Waals surface area contributed by atoms with Crippen molar-refractivity contribution >= 4 is 28.4 Å². The van der Waals surface area contributed by atoms with Crippen molar-refractivity contribution in [2.75, 3.05) is 75.2 Å². The highest BCUT2D eigenvalue weighted by atomic mass is 32.1. The summed E-state index contributed by atoms with van der Waals surface area (Å²) in [6.45, 7) is 8.79. The van der Waals surface area contributed by atoms with Gasteiger partial charge in [-0.25, -0.2) is 19.7 Å². The first-order valence-corrected chi connectivity index (χ1v) is 11.1. The quantitative estimate of drug-likeness (QED) is 0.703. The summed E-state index contributed by atoms with van der Waals surface area (Å²) in [7, 11) is 0. The minimum Gasteiger partial charge on any atom is -0.345 e. The Balaban J connectivity index is 1.09. The van der Waals surface area contributed by atoms with Gasteiger partial charge in [0.05, 0.1) is 0 Å². The fourth-order valence-corrected chi connectivity index (χ4v) is 4.41. The topological polar surface area (TPSA) is 80.7 Å². The molecule has 9 nitrogen and oxygen atoms in total. The lowest BCUT2D eigenvalue weighted by Crippen LogP contribution is -2.52. The van der Waals surface area contributed by atoms with Gasteiger partial charge in [0.15, 0.2) is 5.13 Å². The number of carbonyl (C=O) groups is 1. The van der Waals surface area contributed by atoms with E-state index in [1.54, 1.807) is 23.7 Å². The number of hydrogen-bond donors (Lipinski definition) is 1. The van der Waals surface area contributed by atoms with Crippen LogP contribution < -0.4 is 15.1 Å². The predicted octanol–water partition coefficient (Wildman–Crippen LogP) is 0.977. The predicted molar refractivity (Wildman–Crippen MR) is 115 cm³/mol. The largest absolute Gasteiger partial charge is 0.345 e. The number of urea groups is 1. The molecule has 2 aromatic heterocycles. The number of thiazole rings is 1. The van der Waals surface area contributed by atoms with Gasteiger partial charge in [-0.2, -0.15) is 0 Å². The van der Waals surface area contributed by atoms with E-state index in [0.717, 1.165) is 76.4 Å². The van der Waals surface area contributed by atoms with Crippen molar-refractivity contribution in [2.45, 2.75) is 6.42 Å². The molecule has 10 heteroatoms. The Bertz CT molecular complexity index is 743. The van der Waals surface area contributed by atoms with Crippen LogP contribution in [0.5, 0.6) is 0 Å². The Hall–Kier alpha value is -2.46. The first-order chi connectivity index (χ1) is 14.3. The molecular weight excluding hydrogens is 388 g/mol. The third-order valence-electron chi connectivity index (χ3n) is 5.39. The number of aromatic nitrogens is 3. The summed E-state index contributed by atoms with van der Waals surface area (Å²) < 4.78 is 0. The van der Waals surface area contributed by atoms with Crippen LogP contribution in [0.15, 0.2) is 30.0 Å². The maximum absolute atomic E-state index is 12.4. The van der Waals surface area contributed by atoms with Gasteiger partial charge in [0.25, 0.3) is 0 Å². The highest BCUT2D eigenvalue weighted by Gasteiger charge is 2.22. The second-order valence-corrected chi connectivity index (χ2v) is 8.12. The number of carbonyl (C=O) groups excluding carboxylic acids is 1. The lowest BCUT2D eigenvalue weighted by molar-refractivity contribution is 0.193. The molecule has 0 unspecified atom stereocenters. The van der Waals surface area contributed by atoms with Gasteiger partial charge in [0.2, 0.25) is 5.95 Å². The van der Waals surface area contributed by atoms with E-state index >= 15 is 0 Å². The van der Waals surface area contributed by atoms with Crippen molar-refractivity contribution in [1.82, 2.24) is 30.1 Å². The lowest BCUT2D eigenvalue weighted by Gasteiger charge is -2.35. The van der Waals surface area contributed by atoms with Gasteiger partial charge in [-0.05, 0) is 19.0 Å². The Morgan fingerprint density at radius 1 is 0.931 bits per heavy atom. The Labute approximate surface area is 175 Å². The van der Waals surface area contributed by atoms with Crippen LogP contribution >= 0.6 is 11.3 Å². The molecule has 0 saturated carbocycles. The first kappa shape index (κ1) is 19.8. The standard InChI is InChI=1S/C19H28N8OS/c28-18(26-12-14-27(15-13-26)19-23-6-16-29-19)22-5-2-7-24-8-10-25(11-9-24)17-20-3-1-4-21-17/h1,3-4,6,16H,2,5,7-15H2,(H,22,28). The van der Waals surface area contributed by atoms with Crippen LogP contribution in [0.2, 0.25) is 0 Å². The molecule has 2 amide bonds. The smallest absolute Gasteiger partial charge is 0.317 e. The second-order valence-electron chi connectivity index (χ2n) is 7.25. The molecule has 0 aromatic carbocycles. The van der Waals surface area contributed by atoms with Crippen LogP contribution in [0.4, 0.5) is 15.9 Å². The maximum Gasteiger partial charge on any atom is 0.317 e. The molecule has 0 radical (unpaired) electrons. The average Bonchev–Trinajstić information content (AvgIpc) is 3.33. The van der Waals surface area contributed by atoms with Gasteiger partial charge < -0.3 is 20.0 Å². The van der Waals surface area contributed by atoms with Crippen molar-refractivity contribution in [2.24, 2.45) is 0 Å². The molecular formula is C19H28N8OS. The normalized spacial score (nSPS) is 18.1. The third-order valence-corrected chi connectivity index (χ3v) is 6.22. The molecule has 0 bridgehead atoms. The molecule has 0 aliphatic carbocycles. The molecule has 29 heavy (non-hydrogen) atoms. The van der Waals surface area contributed by atoms with Crippen LogP contribution in [-0.4, -0.2) is 96.2 Å². The molecule has 2 aliphatic heterocycles. The van der Waals surface area contributed by atoms with Crippen LogP contribution in [0, 0.1) is 0 Å². The first-order valence-electron chi connectivity index (χ1n) is 10.2. The van der Waals surface area contributed by atoms with Crippen LogP contribution in [0.3, 0.4) is 0 Å². The van der Waals surface area contributed by atoms with E-state index in [-0.39, 0.29) is 6.03 Å². The van der Waals surface area contributed by atoms with Crippen LogP contribution in [0.1, 0.15) is 6.42 Å². The fraction of sp³-hybridized carbons (Fsp3) is 0.579. The summed E-state index contributed by atoms with van der Waals surface area (Å²) in [5, 5.41) is 6.11. The molecule has 156 valence electrons. The fourth-order valence-electron chi connectivity index (χ4n) is 3.71. The monoisotopic (exact) mass is 416 g/mol. The van der Waals surface area contributed by atoms with Gasteiger partial charge >= 0.3 is 6.03 Å². The Morgan fingerprint density at radius 3 is 2.34 bits per heavy atom. The van der Waals surface area contributed by atoms with Gasteiger partial charge in [-0.3, -0.25) is 4.90 Å². The van der Waals surface area contributed by atoms with Crippen molar-refractivity contribution in [1.29, 1.82) is 0 Å². The summed E-state index contributed by atoms with van der Waals surface area (Å²) >= 11 is 1.65. The van der Waals surface area contributed by atoms with Crippen LogP contribution in [0.25, 0.3) is 0 Å². The minimum atomic E-state index is 0.0508. The van der Waals surface area contributed by atoms with Crippen molar-refractivity contribution < 1.29 is 4.79 Å². The zero-order chi connectivity index (χ0) is 19.9.